The van der Waals surface area contributed by atoms with Crippen molar-refractivity contribution in [3.8, 4) is 0 Å². The average Bonchev–Trinajstić information content (AvgIpc) is 2.41. The van der Waals surface area contributed by atoms with E-state index in [1.165, 1.54) is 12.1 Å². The highest BCUT2D eigenvalue weighted by atomic mass is 19.4. The van der Waals surface area contributed by atoms with Gasteiger partial charge in [-0.15, -0.1) is 0 Å². The molecule has 1 aromatic carbocycles. The lowest BCUT2D eigenvalue weighted by Gasteiger charge is -2.21. The maximum atomic E-state index is 13.0. The lowest BCUT2D eigenvalue weighted by atomic mass is 10.00. The fourth-order valence-corrected chi connectivity index (χ4v) is 1.93. The molecule has 118 valence electrons. The number of rotatable bonds is 8. The van der Waals surface area contributed by atoms with E-state index in [1.807, 2.05) is 6.92 Å². The van der Waals surface area contributed by atoms with Gasteiger partial charge in [0.05, 0.1) is 18.8 Å². The summed E-state index contributed by atoms with van der Waals surface area (Å²) in [6.07, 6.45) is -4.39. The van der Waals surface area contributed by atoms with Crippen molar-refractivity contribution in [1.29, 1.82) is 0 Å². The highest BCUT2D eigenvalue weighted by Gasteiger charge is 2.34. The Bertz CT molecular complexity index is 460. The van der Waals surface area contributed by atoms with Crippen LogP contribution in [0, 0.1) is 0 Å². The van der Waals surface area contributed by atoms with Gasteiger partial charge in [-0.05, 0) is 18.6 Å². The zero-order valence-electron chi connectivity index (χ0n) is 12.0. The topological polar surface area (TPSA) is 47.3 Å². The molecule has 0 aliphatic rings. The van der Waals surface area contributed by atoms with Gasteiger partial charge in [-0.2, -0.15) is 13.2 Å². The predicted molar refractivity (Wildman–Crippen MR) is 76.9 cm³/mol. The van der Waals surface area contributed by atoms with E-state index >= 15 is 0 Å². The van der Waals surface area contributed by atoms with Gasteiger partial charge in [0.25, 0.3) is 0 Å². The van der Waals surface area contributed by atoms with Crippen LogP contribution in [0.25, 0.3) is 0 Å². The molecular weight excluding hydrogens is 281 g/mol. The fraction of sp³-hybridized carbons (Fsp3) is 0.467. The van der Waals surface area contributed by atoms with E-state index in [1.54, 1.807) is 6.07 Å². The van der Waals surface area contributed by atoms with Crippen LogP contribution in [0.2, 0.25) is 0 Å². The Morgan fingerprint density at radius 3 is 2.62 bits per heavy atom. The van der Waals surface area contributed by atoms with Crippen molar-refractivity contribution >= 4 is 0 Å². The standard InChI is InChI=1S/C15H21F3N2O/c1-11(2)10-21-8-7-20-14(9-19)12-5-3-4-6-13(12)15(16,17)18/h3-6,14,20H,1,7-10,19H2,2H3. The van der Waals surface area contributed by atoms with E-state index in [4.69, 9.17) is 10.5 Å². The summed E-state index contributed by atoms with van der Waals surface area (Å²) in [5.41, 5.74) is 5.99. The number of ether oxygens (including phenoxy) is 1. The first-order chi connectivity index (χ1) is 9.86. The summed E-state index contributed by atoms with van der Waals surface area (Å²) in [6, 6.07) is 4.90. The van der Waals surface area contributed by atoms with E-state index in [-0.39, 0.29) is 12.1 Å². The van der Waals surface area contributed by atoms with Crippen LogP contribution in [0.5, 0.6) is 0 Å². The molecule has 0 aliphatic heterocycles. The number of nitrogens with one attached hydrogen (secondary N) is 1. The summed E-state index contributed by atoms with van der Waals surface area (Å²) < 4.78 is 44.2. The Balaban J connectivity index is 2.66. The average molecular weight is 302 g/mol. The second-order valence-corrected chi connectivity index (χ2v) is 4.84. The molecule has 0 aromatic heterocycles. The summed E-state index contributed by atoms with van der Waals surface area (Å²) in [4.78, 5) is 0. The quantitative estimate of drug-likeness (QED) is 0.573. The third-order valence-electron chi connectivity index (χ3n) is 2.86. The van der Waals surface area contributed by atoms with Crippen LogP contribution in [-0.4, -0.2) is 26.3 Å². The maximum absolute atomic E-state index is 13.0. The predicted octanol–water partition coefficient (Wildman–Crippen LogP) is 2.89. The van der Waals surface area contributed by atoms with Crippen LogP contribution in [-0.2, 0) is 10.9 Å². The fourth-order valence-electron chi connectivity index (χ4n) is 1.93. The first-order valence-corrected chi connectivity index (χ1v) is 6.68. The number of halogens is 3. The van der Waals surface area contributed by atoms with E-state index in [9.17, 15) is 13.2 Å². The number of alkyl halides is 3. The molecule has 0 aliphatic carbocycles. The molecule has 0 fully saturated rings. The summed E-state index contributed by atoms with van der Waals surface area (Å²) in [5, 5.41) is 2.99. The van der Waals surface area contributed by atoms with Gasteiger partial charge >= 0.3 is 6.18 Å². The van der Waals surface area contributed by atoms with E-state index < -0.39 is 17.8 Å². The minimum absolute atomic E-state index is 0.0770. The van der Waals surface area contributed by atoms with E-state index in [0.717, 1.165) is 11.6 Å². The third-order valence-corrected chi connectivity index (χ3v) is 2.86. The summed E-state index contributed by atoms with van der Waals surface area (Å²) in [5.74, 6) is 0. The lowest BCUT2D eigenvalue weighted by molar-refractivity contribution is -0.138. The van der Waals surface area contributed by atoms with Gasteiger partial charge in [0.15, 0.2) is 0 Å². The van der Waals surface area contributed by atoms with Gasteiger partial charge in [0.2, 0.25) is 0 Å². The van der Waals surface area contributed by atoms with Crippen molar-refractivity contribution in [2.24, 2.45) is 5.73 Å². The molecule has 6 heteroatoms. The zero-order valence-corrected chi connectivity index (χ0v) is 12.0. The lowest BCUT2D eigenvalue weighted by Crippen LogP contribution is -2.32. The number of hydrogen-bond donors (Lipinski definition) is 2. The molecule has 3 N–H and O–H groups in total. The molecule has 0 saturated heterocycles. The Morgan fingerprint density at radius 1 is 1.38 bits per heavy atom. The molecule has 3 nitrogen and oxygen atoms in total. The summed E-state index contributed by atoms with van der Waals surface area (Å²) >= 11 is 0. The third kappa shape index (κ3) is 5.87. The van der Waals surface area contributed by atoms with Gasteiger partial charge in [-0.25, -0.2) is 0 Å². The minimum Gasteiger partial charge on any atom is -0.376 e. The Labute approximate surface area is 123 Å². The molecule has 1 aromatic rings. The molecule has 1 unspecified atom stereocenters. The van der Waals surface area contributed by atoms with Crippen molar-refractivity contribution < 1.29 is 17.9 Å². The van der Waals surface area contributed by atoms with Crippen molar-refractivity contribution in [1.82, 2.24) is 5.32 Å². The van der Waals surface area contributed by atoms with Crippen molar-refractivity contribution in [3.63, 3.8) is 0 Å². The van der Waals surface area contributed by atoms with Crippen molar-refractivity contribution in [2.75, 3.05) is 26.3 Å². The van der Waals surface area contributed by atoms with Crippen LogP contribution in [0.4, 0.5) is 13.2 Å². The highest BCUT2D eigenvalue weighted by molar-refractivity contribution is 5.32. The molecule has 1 atom stereocenters. The van der Waals surface area contributed by atoms with Gasteiger partial charge in [-0.3, -0.25) is 0 Å². The first-order valence-electron chi connectivity index (χ1n) is 6.68. The second kappa shape index (κ2) is 8.17. The largest absolute Gasteiger partial charge is 0.416 e. The first kappa shape index (κ1) is 17.7. The number of hydrogen-bond acceptors (Lipinski definition) is 3. The molecule has 0 amide bonds. The Morgan fingerprint density at radius 2 is 2.05 bits per heavy atom. The summed E-state index contributed by atoms with van der Waals surface area (Å²) in [6.45, 7) is 6.86. The van der Waals surface area contributed by atoms with Crippen LogP contribution in [0.15, 0.2) is 36.4 Å². The molecule has 0 spiro atoms. The van der Waals surface area contributed by atoms with Gasteiger partial charge < -0.3 is 15.8 Å². The molecule has 0 heterocycles. The molecule has 0 radical (unpaired) electrons. The zero-order chi connectivity index (χ0) is 15.9. The van der Waals surface area contributed by atoms with Crippen molar-refractivity contribution in [3.05, 3.63) is 47.5 Å². The Kier molecular flexibility index (Phi) is 6.87. The monoisotopic (exact) mass is 302 g/mol. The van der Waals surface area contributed by atoms with Gasteiger partial charge in [0.1, 0.15) is 0 Å². The maximum Gasteiger partial charge on any atom is 0.416 e. The smallest absolute Gasteiger partial charge is 0.376 e. The highest BCUT2D eigenvalue weighted by Crippen LogP contribution is 2.34. The molecule has 1 rings (SSSR count). The van der Waals surface area contributed by atoms with Crippen LogP contribution < -0.4 is 11.1 Å². The Hall–Kier alpha value is -1.37. The van der Waals surface area contributed by atoms with Crippen LogP contribution in [0.1, 0.15) is 24.1 Å². The van der Waals surface area contributed by atoms with Crippen molar-refractivity contribution in [2.45, 2.75) is 19.1 Å². The van der Waals surface area contributed by atoms with E-state index in [0.29, 0.717) is 19.8 Å². The number of benzene rings is 1. The molecule has 0 saturated carbocycles. The molecule has 21 heavy (non-hydrogen) atoms. The number of nitrogens with two attached hydrogens (primary N) is 1. The minimum atomic E-state index is -4.39. The molecule has 0 bridgehead atoms. The normalized spacial score (nSPS) is 13.2. The van der Waals surface area contributed by atoms with Crippen LogP contribution in [0.3, 0.4) is 0 Å². The van der Waals surface area contributed by atoms with Gasteiger partial charge in [-0.1, -0.05) is 30.4 Å². The van der Waals surface area contributed by atoms with Crippen LogP contribution >= 0.6 is 0 Å². The summed E-state index contributed by atoms with van der Waals surface area (Å²) in [7, 11) is 0. The van der Waals surface area contributed by atoms with Gasteiger partial charge in [0, 0.05) is 19.1 Å². The molecular formula is C15H21F3N2O. The SMILES string of the molecule is C=C(C)COCCNC(CN)c1ccccc1C(F)(F)F. The van der Waals surface area contributed by atoms with E-state index in [2.05, 4.69) is 11.9 Å². The second-order valence-electron chi connectivity index (χ2n) is 4.84.